The van der Waals surface area contributed by atoms with Gasteiger partial charge >= 0.3 is 0 Å². The lowest BCUT2D eigenvalue weighted by atomic mass is 10.1. The average molecular weight is 231 g/mol. The van der Waals surface area contributed by atoms with Crippen LogP contribution in [0.2, 0.25) is 0 Å². The number of ether oxygens (including phenoxy) is 1. The standard InChI is InChI=1S/C13H13NO3/c15-14(16)11-3-5-12(6-4-11)17-13-8-9-1-2-10(13)7-9/h3-6,9H,1-2,7-8H2. The highest BCUT2D eigenvalue weighted by atomic mass is 16.6. The number of nitrogens with zero attached hydrogens (tertiary/aromatic N) is 1. The molecule has 0 N–H and O–H groups in total. The second-order valence-electron chi connectivity index (χ2n) is 4.69. The summed E-state index contributed by atoms with van der Waals surface area (Å²) in [6.45, 7) is 0. The molecule has 0 spiro atoms. The summed E-state index contributed by atoms with van der Waals surface area (Å²) in [6.07, 6.45) is 4.67. The van der Waals surface area contributed by atoms with Crippen molar-refractivity contribution in [1.29, 1.82) is 0 Å². The van der Waals surface area contributed by atoms with Crippen LogP contribution >= 0.6 is 0 Å². The third-order valence-electron chi connectivity index (χ3n) is 3.55. The summed E-state index contributed by atoms with van der Waals surface area (Å²) in [4.78, 5) is 10.1. The zero-order valence-electron chi connectivity index (χ0n) is 9.39. The molecule has 0 aromatic heterocycles. The molecule has 1 aromatic rings. The largest absolute Gasteiger partial charge is 0.462 e. The fraction of sp³-hybridized carbons (Fsp3) is 0.385. The number of hydrogen-bond acceptors (Lipinski definition) is 3. The normalized spacial score (nSPS) is 22.0. The minimum atomic E-state index is -0.400. The van der Waals surface area contributed by atoms with Gasteiger partial charge in [0, 0.05) is 18.6 Å². The van der Waals surface area contributed by atoms with Crippen LogP contribution in [-0.4, -0.2) is 4.92 Å². The molecule has 2 aliphatic rings. The Labute approximate surface area is 99.1 Å². The lowest BCUT2D eigenvalue weighted by Gasteiger charge is -2.13. The van der Waals surface area contributed by atoms with Crippen LogP contribution in [-0.2, 0) is 0 Å². The highest BCUT2D eigenvalue weighted by Crippen LogP contribution is 2.44. The van der Waals surface area contributed by atoms with Crippen LogP contribution in [0.5, 0.6) is 5.75 Å². The molecule has 88 valence electrons. The van der Waals surface area contributed by atoms with Gasteiger partial charge in [-0.2, -0.15) is 0 Å². The van der Waals surface area contributed by atoms with Crippen molar-refractivity contribution < 1.29 is 9.66 Å². The number of fused-ring (bicyclic) bond motifs is 2. The van der Waals surface area contributed by atoms with E-state index in [0.717, 1.165) is 24.5 Å². The van der Waals surface area contributed by atoms with Crippen molar-refractivity contribution in [2.75, 3.05) is 0 Å². The Hall–Kier alpha value is -1.84. The molecule has 1 saturated carbocycles. The van der Waals surface area contributed by atoms with Gasteiger partial charge in [-0.1, -0.05) is 0 Å². The lowest BCUT2D eigenvalue weighted by Crippen LogP contribution is -2.01. The number of allylic oxidation sites excluding steroid dienone is 2. The molecule has 0 amide bonds. The van der Waals surface area contributed by atoms with E-state index in [1.54, 1.807) is 12.1 Å². The van der Waals surface area contributed by atoms with Crippen molar-refractivity contribution in [2.45, 2.75) is 25.7 Å². The zero-order chi connectivity index (χ0) is 11.8. The molecule has 1 fully saturated rings. The summed E-state index contributed by atoms with van der Waals surface area (Å²) >= 11 is 0. The second-order valence-corrected chi connectivity index (χ2v) is 4.69. The number of benzene rings is 1. The molecule has 1 atom stereocenters. The third-order valence-corrected chi connectivity index (χ3v) is 3.55. The van der Waals surface area contributed by atoms with E-state index in [0.29, 0.717) is 5.75 Å². The van der Waals surface area contributed by atoms with Gasteiger partial charge in [-0.25, -0.2) is 0 Å². The van der Waals surface area contributed by atoms with Gasteiger partial charge in [-0.05, 0) is 42.9 Å². The van der Waals surface area contributed by atoms with Crippen LogP contribution in [0.1, 0.15) is 25.7 Å². The summed E-state index contributed by atoms with van der Waals surface area (Å²) in [5.41, 5.74) is 1.54. The van der Waals surface area contributed by atoms with Gasteiger partial charge in [0.15, 0.2) is 0 Å². The van der Waals surface area contributed by atoms with Gasteiger partial charge in [0.05, 0.1) is 4.92 Å². The van der Waals surface area contributed by atoms with Crippen LogP contribution < -0.4 is 4.74 Å². The molecule has 0 saturated heterocycles. The predicted octanol–water partition coefficient (Wildman–Crippen LogP) is 3.43. The molecule has 17 heavy (non-hydrogen) atoms. The maximum absolute atomic E-state index is 10.5. The Balaban J connectivity index is 1.75. The zero-order valence-corrected chi connectivity index (χ0v) is 9.39. The summed E-state index contributed by atoms with van der Waals surface area (Å²) in [5.74, 6) is 2.57. The molecular weight excluding hydrogens is 218 g/mol. The van der Waals surface area contributed by atoms with E-state index >= 15 is 0 Å². The van der Waals surface area contributed by atoms with E-state index in [-0.39, 0.29) is 5.69 Å². The minimum Gasteiger partial charge on any atom is -0.462 e. The first kappa shape index (κ1) is 10.3. The van der Waals surface area contributed by atoms with Crippen molar-refractivity contribution in [3.63, 3.8) is 0 Å². The van der Waals surface area contributed by atoms with E-state index in [9.17, 15) is 10.1 Å². The Kier molecular flexibility index (Phi) is 2.35. The number of nitro benzene ring substituents is 1. The fourth-order valence-electron chi connectivity index (χ4n) is 2.66. The van der Waals surface area contributed by atoms with E-state index in [1.165, 1.54) is 30.5 Å². The SMILES string of the molecule is O=[N+]([O-])c1ccc(OC2=C3CCC(C3)C2)cc1. The van der Waals surface area contributed by atoms with Crippen LogP contribution in [0.3, 0.4) is 0 Å². The van der Waals surface area contributed by atoms with Crippen molar-refractivity contribution in [3.05, 3.63) is 45.7 Å². The quantitative estimate of drug-likeness (QED) is 0.591. The molecule has 4 heteroatoms. The fourth-order valence-corrected chi connectivity index (χ4v) is 2.66. The summed E-state index contributed by atoms with van der Waals surface area (Å²) in [5, 5.41) is 10.5. The number of hydrogen-bond donors (Lipinski definition) is 0. The molecule has 3 rings (SSSR count). The maximum atomic E-state index is 10.5. The highest BCUT2D eigenvalue weighted by molar-refractivity contribution is 5.37. The lowest BCUT2D eigenvalue weighted by molar-refractivity contribution is -0.384. The van der Waals surface area contributed by atoms with Gasteiger partial charge in [-0.3, -0.25) is 10.1 Å². The monoisotopic (exact) mass is 231 g/mol. The summed E-state index contributed by atoms with van der Waals surface area (Å²) < 4.78 is 5.80. The van der Waals surface area contributed by atoms with E-state index in [2.05, 4.69) is 0 Å². The second kappa shape index (κ2) is 3.87. The molecule has 2 aliphatic carbocycles. The van der Waals surface area contributed by atoms with Crippen molar-refractivity contribution in [2.24, 2.45) is 5.92 Å². The Morgan fingerprint density at radius 1 is 1.24 bits per heavy atom. The predicted molar refractivity (Wildman–Crippen MR) is 62.7 cm³/mol. The van der Waals surface area contributed by atoms with Crippen LogP contribution in [0.4, 0.5) is 5.69 Å². The minimum absolute atomic E-state index is 0.0999. The van der Waals surface area contributed by atoms with Gasteiger partial charge in [-0.15, -0.1) is 0 Å². The van der Waals surface area contributed by atoms with Gasteiger partial charge in [0.1, 0.15) is 11.5 Å². The molecule has 2 bridgehead atoms. The van der Waals surface area contributed by atoms with Crippen molar-refractivity contribution in [3.8, 4) is 5.75 Å². The molecule has 0 aliphatic heterocycles. The van der Waals surface area contributed by atoms with Gasteiger partial charge in [0.2, 0.25) is 0 Å². The maximum Gasteiger partial charge on any atom is 0.269 e. The Morgan fingerprint density at radius 2 is 2.00 bits per heavy atom. The van der Waals surface area contributed by atoms with Gasteiger partial charge in [0.25, 0.3) is 5.69 Å². The number of nitro groups is 1. The Morgan fingerprint density at radius 3 is 2.53 bits per heavy atom. The molecule has 0 radical (unpaired) electrons. The summed E-state index contributed by atoms with van der Waals surface area (Å²) in [7, 11) is 0. The number of rotatable bonds is 3. The third kappa shape index (κ3) is 1.90. The number of non-ortho nitro benzene ring substituents is 1. The topological polar surface area (TPSA) is 52.4 Å². The van der Waals surface area contributed by atoms with E-state index < -0.39 is 4.92 Å². The highest BCUT2D eigenvalue weighted by Gasteiger charge is 2.31. The van der Waals surface area contributed by atoms with Crippen molar-refractivity contribution in [1.82, 2.24) is 0 Å². The summed E-state index contributed by atoms with van der Waals surface area (Å²) in [6, 6.07) is 6.29. The smallest absolute Gasteiger partial charge is 0.269 e. The molecule has 1 unspecified atom stereocenters. The van der Waals surface area contributed by atoms with Crippen molar-refractivity contribution >= 4 is 5.69 Å². The Bertz CT molecular complexity index is 490. The molecule has 4 nitrogen and oxygen atoms in total. The van der Waals surface area contributed by atoms with Gasteiger partial charge < -0.3 is 4.74 Å². The molecule has 0 heterocycles. The first-order chi connectivity index (χ1) is 8.22. The average Bonchev–Trinajstić information content (AvgIpc) is 2.91. The molecular formula is C13H13NO3. The van der Waals surface area contributed by atoms with E-state index in [4.69, 9.17) is 4.74 Å². The first-order valence-corrected chi connectivity index (χ1v) is 5.85. The molecule has 1 aromatic carbocycles. The first-order valence-electron chi connectivity index (χ1n) is 5.85. The van der Waals surface area contributed by atoms with Crippen LogP contribution in [0, 0.1) is 16.0 Å². The van der Waals surface area contributed by atoms with Crippen LogP contribution in [0.25, 0.3) is 0 Å². The van der Waals surface area contributed by atoms with Crippen LogP contribution in [0.15, 0.2) is 35.6 Å². The van der Waals surface area contributed by atoms with E-state index in [1.807, 2.05) is 0 Å².